The Morgan fingerprint density at radius 2 is 1.86 bits per heavy atom. The highest BCUT2D eigenvalue weighted by Crippen LogP contribution is 2.51. The number of aryl methyl sites for hydroxylation is 1. The van der Waals surface area contributed by atoms with Crippen molar-refractivity contribution in [1.29, 1.82) is 0 Å². The van der Waals surface area contributed by atoms with Crippen molar-refractivity contribution < 1.29 is 24.6 Å². The second kappa shape index (κ2) is 9.19. The van der Waals surface area contributed by atoms with E-state index in [4.69, 9.17) is 0 Å². The average Bonchev–Trinajstić information content (AvgIpc) is 3.29. The minimum absolute atomic E-state index is 0.180. The van der Waals surface area contributed by atoms with E-state index in [1.807, 2.05) is 30.3 Å². The van der Waals surface area contributed by atoms with E-state index in [1.54, 1.807) is 23.5 Å². The first-order valence-corrected chi connectivity index (χ1v) is 11.2. The lowest BCUT2D eigenvalue weighted by Crippen LogP contribution is -2.48. The minimum atomic E-state index is -1.02. The lowest BCUT2D eigenvalue weighted by Gasteiger charge is -2.24. The van der Waals surface area contributed by atoms with E-state index in [0.29, 0.717) is 25.8 Å². The molecule has 2 heterocycles. The molecule has 1 aromatic rings. The van der Waals surface area contributed by atoms with Crippen LogP contribution in [0.4, 0.5) is 0 Å². The van der Waals surface area contributed by atoms with E-state index in [9.17, 15) is 24.6 Å². The summed E-state index contributed by atoms with van der Waals surface area (Å²) in [7, 11) is 0. The van der Waals surface area contributed by atoms with Crippen LogP contribution in [-0.2, 0) is 20.8 Å². The third-order valence-corrected chi connectivity index (χ3v) is 8.50. The summed E-state index contributed by atoms with van der Waals surface area (Å²) in [5, 5.41) is 21.8. The number of nitrogens with one attached hydrogen (secondary N) is 1. The summed E-state index contributed by atoms with van der Waals surface area (Å²) in [5.41, 5.74) is 1.03. The fourth-order valence-electron chi connectivity index (χ4n) is 3.61. The van der Waals surface area contributed by atoms with Gasteiger partial charge in [0.05, 0.1) is 10.6 Å². The molecule has 0 aliphatic carbocycles. The molecule has 152 valence electrons. The molecular weight excluding hydrogens is 400 g/mol. The van der Waals surface area contributed by atoms with Crippen molar-refractivity contribution in [3.8, 4) is 0 Å². The van der Waals surface area contributed by atoms with Gasteiger partial charge >= 0.3 is 11.9 Å². The molecule has 3 N–H and O–H groups in total. The molecule has 2 unspecified atom stereocenters. The van der Waals surface area contributed by atoms with Crippen molar-refractivity contribution in [2.75, 3.05) is 24.6 Å². The third kappa shape index (κ3) is 5.01. The van der Waals surface area contributed by atoms with Gasteiger partial charge in [-0.15, -0.1) is 23.5 Å². The van der Waals surface area contributed by atoms with Crippen LogP contribution >= 0.6 is 23.5 Å². The summed E-state index contributed by atoms with van der Waals surface area (Å²) < 4.78 is -0.238. The molecule has 2 fully saturated rings. The number of benzene rings is 1. The number of nitrogens with zero attached hydrogens (tertiary/aromatic N) is 1. The molecule has 3 rings (SSSR count). The number of hydrogen-bond donors (Lipinski definition) is 3. The van der Waals surface area contributed by atoms with Gasteiger partial charge < -0.3 is 15.1 Å². The first-order valence-electron chi connectivity index (χ1n) is 9.20. The molecule has 0 radical (unpaired) electrons. The first kappa shape index (κ1) is 21.0. The predicted octanol–water partition coefficient (Wildman–Crippen LogP) is 1.52. The van der Waals surface area contributed by atoms with Crippen LogP contribution in [0.15, 0.2) is 30.3 Å². The normalized spacial score (nSPS) is 21.7. The van der Waals surface area contributed by atoms with Gasteiger partial charge in [0.15, 0.2) is 0 Å². The van der Waals surface area contributed by atoms with Crippen molar-refractivity contribution in [3.63, 3.8) is 0 Å². The number of hydrogen-bond acceptors (Lipinski definition) is 6. The second-order valence-electron chi connectivity index (χ2n) is 6.98. The van der Waals surface area contributed by atoms with Crippen LogP contribution in [0.25, 0.3) is 0 Å². The van der Waals surface area contributed by atoms with Gasteiger partial charge in [0.25, 0.3) is 0 Å². The maximum absolute atomic E-state index is 12.7. The van der Waals surface area contributed by atoms with Crippen molar-refractivity contribution >= 4 is 41.4 Å². The summed E-state index contributed by atoms with van der Waals surface area (Å²) >= 11 is 3.44. The summed E-state index contributed by atoms with van der Waals surface area (Å²) in [5.74, 6) is -0.464. The van der Waals surface area contributed by atoms with Gasteiger partial charge in [0.1, 0.15) is 12.1 Å². The highest BCUT2D eigenvalue weighted by Gasteiger charge is 2.51. The molecule has 2 atom stereocenters. The lowest BCUT2D eigenvalue weighted by molar-refractivity contribution is -0.148. The second-order valence-corrected chi connectivity index (χ2v) is 10.2. The van der Waals surface area contributed by atoms with Crippen LogP contribution in [0.2, 0.25) is 0 Å². The Morgan fingerprint density at radius 1 is 1.18 bits per heavy atom. The highest BCUT2D eigenvalue weighted by molar-refractivity contribution is 8.21. The SMILES string of the molecule is O=C(O)C(CCc1ccccc1)NCC(=O)N1CC2(CC1C(=O)O)SCCS2. The molecule has 7 nitrogen and oxygen atoms in total. The van der Waals surface area contributed by atoms with Gasteiger partial charge in [-0.1, -0.05) is 30.3 Å². The molecule has 1 aromatic carbocycles. The van der Waals surface area contributed by atoms with Crippen LogP contribution in [0.1, 0.15) is 18.4 Å². The summed E-state index contributed by atoms with van der Waals surface area (Å²) in [4.78, 5) is 37.3. The Morgan fingerprint density at radius 3 is 2.46 bits per heavy atom. The van der Waals surface area contributed by atoms with Crippen LogP contribution in [-0.4, -0.2) is 73.7 Å². The van der Waals surface area contributed by atoms with Gasteiger partial charge in [-0.25, -0.2) is 4.79 Å². The molecule has 0 bridgehead atoms. The van der Waals surface area contributed by atoms with Crippen molar-refractivity contribution in [1.82, 2.24) is 10.2 Å². The van der Waals surface area contributed by atoms with Crippen LogP contribution in [0.5, 0.6) is 0 Å². The number of likely N-dealkylation sites (tertiary alicyclic amines) is 1. The predicted molar refractivity (Wildman–Crippen MR) is 110 cm³/mol. The molecule has 0 saturated carbocycles. The van der Waals surface area contributed by atoms with Crippen LogP contribution in [0, 0.1) is 0 Å². The number of carboxylic acids is 2. The Hall–Kier alpha value is -1.71. The van der Waals surface area contributed by atoms with Gasteiger partial charge in [0, 0.05) is 24.5 Å². The fraction of sp³-hybridized carbons (Fsp3) is 0.526. The largest absolute Gasteiger partial charge is 0.480 e. The number of aliphatic carboxylic acids is 2. The zero-order valence-corrected chi connectivity index (χ0v) is 17.0. The molecule has 1 spiro atoms. The van der Waals surface area contributed by atoms with E-state index in [0.717, 1.165) is 17.1 Å². The molecular formula is C19H24N2O5S2. The average molecular weight is 425 g/mol. The summed E-state index contributed by atoms with van der Waals surface area (Å²) in [6.07, 6.45) is 1.36. The number of carbonyl (C=O) groups is 3. The number of carboxylic acid groups (broad SMARTS) is 2. The summed E-state index contributed by atoms with van der Waals surface area (Å²) in [6.45, 7) is 0.211. The zero-order valence-electron chi connectivity index (χ0n) is 15.4. The topological polar surface area (TPSA) is 107 Å². The van der Waals surface area contributed by atoms with E-state index in [2.05, 4.69) is 5.32 Å². The quantitative estimate of drug-likeness (QED) is 0.577. The van der Waals surface area contributed by atoms with Crippen molar-refractivity contribution in [2.45, 2.75) is 35.4 Å². The number of carbonyl (C=O) groups excluding carboxylic acids is 1. The zero-order chi connectivity index (χ0) is 20.1. The summed E-state index contributed by atoms with van der Waals surface area (Å²) in [6, 6.07) is 7.86. The van der Waals surface area contributed by atoms with Crippen molar-refractivity contribution in [3.05, 3.63) is 35.9 Å². The van der Waals surface area contributed by atoms with Gasteiger partial charge in [-0.2, -0.15) is 0 Å². The van der Waals surface area contributed by atoms with Crippen LogP contribution < -0.4 is 5.32 Å². The molecule has 28 heavy (non-hydrogen) atoms. The molecule has 0 aromatic heterocycles. The monoisotopic (exact) mass is 424 g/mol. The lowest BCUT2D eigenvalue weighted by atomic mass is 10.1. The molecule has 1 amide bonds. The maximum atomic E-state index is 12.7. The standard InChI is InChI=1S/C19H24N2O5S2/c22-16(21-12-19(27-8-9-28-19)10-15(21)18(25)26)11-20-14(17(23)24)7-6-13-4-2-1-3-5-13/h1-5,14-15,20H,6-12H2,(H,23,24)(H,25,26). The number of thioether (sulfide) groups is 2. The van der Waals surface area contributed by atoms with E-state index in [1.165, 1.54) is 4.90 Å². The Balaban J connectivity index is 1.57. The third-order valence-electron chi connectivity index (χ3n) is 5.07. The molecule has 9 heteroatoms. The number of amides is 1. The van der Waals surface area contributed by atoms with E-state index >= 15 is 0 Å². The van der Waals surface area contributed by atoms with Crippen molar-refractivity contribution in [2.24, 2.45) is 0 Å². The van der Waals surface area contributed by atoms with Gasteiger partial charge in [0.2, 0.25) is 5.91 Å². The minimum Gasteiger partial charge on any atom is -0.480 e. The molecule has 2 aliphatic heterocycles. The Kier molecular flexibility index (Phi) is 6.90. The molecule has 2 aliphatic rings. The first-order chi connectivity index (χ1) is 13.4. The Labute approximate surface area is 172 Å². The van der Waals surface area contributed by atoms with Gasteiger partial charge in [-0.3, -0.25) is 14.9 Å². The fourth-order valence-corrected chi connectivity index (χ4v) is 6.86. The van der Waals surface area contributed by atoms with Crippen LogP contribution in [0.3, 0.4) is 0 Å². The Bertz CT molecular complexity index is 724. The van der Waals surface area contributed by atoms with E-state index in [-0.39, 0.29) is 16.5 Å². The maximum Gasteiger partial charge on any atom is 0.326 e. The number of rotatable bonds is 8. The smallest absolute Gasteiger partial charge is 0.326 e. The van der Waals surface area contributed by atoms with E-state index < -0.39 is 24.0 Å². The van der Waals surface area contributed by atoms with Gasteiger partial charge in [-0.05, 0) is 18.4 Å². The molecule has 2 saturated heterocycles. The highest BCUT2D eigenvalue weighted by atomic mass is 32.2.